The smallest absolute Gasteiger partial charge is 0.265 e. The molecule has 21 heavy (non-hydrogen) atoms. The van der Waals surface area contributed by atoms with E-state index in [0.29, 0.717) is 16.5 Å². The first-order valence-electron chi connectivity index (χ1n) is 7.49. The van der Waals surface area contributed by atoms with E-state index in [1.165, 1.54) is 23.4 Å². The highest BCUT2D eigenvalue weighted by atomic mass is 32.1. The summed E-state index contributed by atoms with van der Waals surface area (Å²) in [5.41, 5.74) is 8.24. The molecule has 2 fully saturated rings. The summed E-state index contributed by atoms with van der Waals surface area (Å²) in [6.45, 7) is 4.57. The van der Waals surface area contributed by atoms with Crippen molar-refractivity contribution in [1.82, 2.24) is 4.90 Å². The molecule has 0 radical (unpaired) electrons. The molecule has 2 aliphatic rings. The minimum absolute atomic E-state index is 0.00644. The van der Waals surface area contributed by atoms with Crippen LogP contribution in [0.1, 0.15) is 40.9 Å². The first kappa shape index (κ1) is 14.7. The van der Waals surface area contributed by atoms with Crippen molar-refractivity contribution in [3.63, 3.8) is 0 Å². The van der Waals surface area contributed by atoms with E-state index in [0.717, 1.165) is 19.7 Å². The van der Waals surface area contributed by atoms with Gasteiger partial charge in [0.2, 0.25) is 0 Å². The number of nitrogens with zero attached hydrogens (tertiary/aromatic N) is 2. The summed E-state index contributed by atoms with van der Waals surface area (Å²) in [7, 11) is 3.55. The van der Waals surface area contributed by atoms with Gasteiger partial charge in [-0.2, -0.15) is 0 Å². The lowest BCUT2D eigenvalue weighted by molar-refractivity contribution is 0.0534. The van der Waals surface area contributed by atoms with E-state index in [2.05, 4.69) is 11.8 Å². The lowest BCUT2D eigenvalue weighted by atomic mass is 10.1. The predicted molar refractivity (Wildman–Crippen MR) is 86.4 cm³/mol. The van der Waals surface area contributed by atoms with Crippen LogP contribution in [-0.2, 0) is 4.74 Å². The number of hydrogen-bond acceptors (Lipinski definition) is 5. The van der Waals surface area contributed by atoms with Crippen molar-refractivity contribution >= 4 is 27.9 Å². The molecule has 0 bridgehead atoms. The molecule has 1 aromatic heterocycles. The van der Waals surface area contributed by atoms with Gasteiger partial charge in [0.15, 0.2) is 0 Å². The summed E-state index contributed by atoms with van der Waals surface area (Å²) < 4.78 is 5.62. The molecule has 1 unspecified atom stereocenters. The zero-order chi connectivity index (χ0) is 15.1. The topological polar surface area (TPSA) is 58.8 Å². The Morgan fingerprint density at radius 3 is 2.71 bits per heavy atom. The largest absolute Gasteiger partial charge is 0.397 e. The van der Waals surface area contributed by atoms with Gasteiger partial charge >= 0.3 is 0 Å². The number of rotatable bonds is 3. The zero-order valence-corrected chi connectivity index (χ0v) is 13.7. The third-order valence-corrected chi connectivity index (χ3v) is 5.35. The Hall–Kier alpha value is -1.27. The maximum atomic E-state index is 12.3. The Morgan fingerprint density at radius 2 is 2.14 bits per heavy atom. The molecule has 6 heteroatoms. The third kappa shape index (κ3) is 2.74. The average molecular weight is 309 g/mol. The minimum atomic E-state index is 0.00644. The summed E-state index contributed by atoms with van der Waals surface area (Å²) >= 11 is 1.55. The van der Waals surface area contributed by atoms with Gasteiger partial charge < -0.3 is 20.3 Å². The van der Waals surface area contributed by atoms with E-state index >= 15 is 0 Å². The van der Waals surface area contributed by atoms with Crippen molar-refractivity contribution in [2.75, 3.05) is 44.4 Å². The Bertz CT molecular complexity index is 551. The Balaban J connectivity index is 1.98. The van der Waals surface area contributed by atoms with E-state index in [-0.39, 0.29) is 12.0 Å². The van der Waals surface area contributed by atoms with E-state index in [1.807, 2.05) is 0 Å². The van der Waals surface area contributed by atoms with Gasteiger partial charge in [-0.3, -0.25) is 4.79 Å². The van der Waals surface area contributed by atoms with Crippen molar-refractivity contribution in [2.45, 2.75) is 31.8 Å². The van der Waals surface area contributed by atoms with Gasteiger partial charge in [0.05, 0.1) is 23.4 Å². The Morgan fingerprint density at radius 1 is 1.43 bits per heavy atom. The van der Waals surface area contributed by atoms with Crippen molar-refractivity contribution in [3.8, 4) is 0 Å². The number of carbonyl (C=O) groups excluding carboxylic acids is 1. The fraction of sp³-hybridized carbons (Fsp3) is 0.667. The molecule has 1 atom stereocenters. The molecule has 0 aromatic carbocycles. The molecule has 0 spiro atoms. The fourth-order valence-electron chi connectivity index (χ4n) is 2.81. The average Bonchev–Trinajstić information content (AvgIpc) is 3.21. The fourth-order valence-corrected chi connectivity index (χ4v) is 4.18. The molecule has 2 N–H and O–H groups in total. The summed E-state index contributed by atoms with van der Waals surface area (Å²) in [5, 5.41) is 1.19. The van der Waals surface area contributed by atoms with E-state index in [4.69, 9.17) is 10.5 Å². The SMILES string of the molecule is CC1CN(c2sc(C(=O)N(C)C)c(N)c2C2CC2)CCO1. The zero-order valence-electron chi connectivity index (χ0n) is 12.9. The lowest BCUT2D eigenvalue weighted by Gasteiger charge is -2.32. The minimum Gasteiger partial charge on any atom is -0.397 e. The van der Waals surface area contributed by atoms with Gasteiger partial charge in [0.1, 0.15) is 4.88 Å². The van der Waals surface area contributed by atoms with Gasteiger partial charge in [0.25, 0.3) is 5.91 Å². The molecule has 1 amide bonds. The molecular weight excluding hydrogens is 286 g/mol. The van der Waals surface area contributed by atoms with Gasteiger partial charge in [-0.25, -0.2) is 0 Å². The molecule has 1 saturated heterocycles. The van der Waals surface area contributed by atoms with Crippen LogP contribution in [0.25, 0.3) is 0 Å². The summed E-state index contributed by atoms with van der Waals surface area (Å²) in [4.78, 5) is 17.0. The number of amides is 1. The second-order valence-corrected chi connectivity index (χ2v) is 7.16. The number of morpholine rings is 1. The molecule has 2 heterocycles. The van der Waals surface area contributed by atoms with Crippen molar-refractivity contribution < 1.29 is 9.53 Å². The maximum Gasteiger partial charge on any atom is 0.265 e. The highest BCUT2D eigenvalue weighted by Crippen LogP contribution is 2.52. The van der Waals surface area contributed by atoms with Gasteiger partial charge in [-0.05, 0) is 25.7 Å². The van der Waals surface area contributed by atoms with Crippen molar-refractivity contribution in [3.05, 3.63) is 10.4 Å². The first-order valence-corrected chi connectivity index (χ1v) is 8.31. The quantitative estimate of drug-likeness (QED) is 0.929. The summed E-state index contributed by atoms with van der Waals surface area (Å²) in [6, 6.07) is 0. The van der Waals surface area contributed by atoms with Gasteiger partial charge in [-0.1, -0.05) is 0 Å². The lowest BCUT2D eigenvalue weighted by Crippen LogP contribution is -2.41. The van der Waals surface area contributed by atoms with Crippen LogP contribution >= 0.6 is 11.3 Å². The highest BCUT2D eigenvalue weighted by Gasteiger charge is 2.35. The van der Waals surface area contributed by atoms with Crippen LogP contribution in [0, 0.1) is 0 Å². The molecule has 5 nitrogen and oxygen atoms in total. The molecule has 1 aromatic rings. The Kier molecular flexibility index (Phi) is 3.84. The van der Waals surface area contributed by atoms with Crippen LogP contribution in [0.3, 0.4) is 0 Å². The van der Waals surface area contributed by atoms with Crippen LogP contribution in [0.5, 0.6) is 0 Å². The van der Waals surface area contributed by atoms with Crippen molar-refractivity contribution in [2.24, 2.45) is 0 Å². The Labute approximate surface area is 129 Å². The maximum absolute atomic E-state index is 12.3. The first-order chi connectivity index (χ1) is 9.99. The second-order valence-electron chi connectivity index (χ2n) is 6.16. The van der Waals surface area contributed by atoms with Crippen LogP contribution in [0.2, 0.25) is 0 Å². The normalized spacial score (nSPS) is 22.4. The number of nitrogen functional groups attached to an aromatic ring is 1. The standard InChI is InChI=1S/C15H23N3O2S/c1-9-8-18(6-7-20-9)15-11(10-4-5-10)12(16)13(21-15)14(19)17(2)3/h9-10H,4-8,16H2,1-3H3. The molecule has 1 aliphatic carbocycles. The number of anilines is 2. The molecule has 3 rings (SSSR count). The highest BCUT2D eigenvalue weighted by molar-refractivity contribution is 7.18. The summed E-state index contributed by atoms with van der Waals surface area (Å²) in [6.07, 6.45) is 2.59. The molecule has 1 saturated carbocycles. The van der Waals surface area contributed by atoms with Crippen LogP contribution in [0.4, 0.5) is 10.7 Å². The second kappa shape index (κ2) is 5.50. The number of nitrogens with two attached hydrogens (primary N) is 1. The van der Waals surface area contributed by atoms with E-state index < -0.39 is 0 Å². The van der Waals surface area contributed by atoms with Crippen LogP contribution < -0.4 is 10.6 Å². The molecule has 1 aliphatic heterocycles. The molecule has 116 valence electrons. The number of carbonyl (C=O) groups is 1. The summed E-state index contributed by atoms with van der Waals surface area (Å²) in [5.74, 6) is 0.546. The third-order valence-electron chi connectivity index (χ3n) is 4.08. The molecular formula is C15H23N3O2S. The predicted octanol–water partition coefficient (Wildman–Crippen LogP) is 2.13. The van der Waals surface area contributed by atoms with Gasteiger partial charge in [-0.15, -0.1) is 11.3 Å². The van der Waals surface area contributed by atoms with Crippen LogP contribution in [0.15, 0.2) is 0 Å². The monoisotopic (exact) mass is 309 g/mol. The number of ether oxygens (including phenoxy) is 1. The van der Waals surface area contributed by atoms with Crippen molar-refractivity contribution in [1.29, 1.82) is 0 Å². The number of thiophene rings is 1. The van der Waals surface area contributed by atoms with Crippen LogP contribution in [-0.4, -0.2) is 50.7 Å². The number of hydrogen-bond donors (Lipinski definition) is 1. The van der Waals surface area contributed by atoms with Gasteiger partial charge in [0, 0.05) is 32.7 Å². The van der Waals surface area contributed by atoms with E-state index in [9.17, 15) is 4.79 Å². The van der Waals surface area contributed by atoms with E-state index in [1.54, 1.807) is 30.3 Å².